The number of thioether (sulfide) groups is 1. The summed E-state index contributed by atoms with van der Waals surface area (Å²) in [6.45, 7) is 3.37. The van der Waals surface area contributed by atoms with Crippen LogP contribution in [0.4, 0.5) is 16.4 Å². The summed E-state index contributed by atoms with van der Waals surface area (Å²) in [4.78, 5) is 239. The smallest absolute Gasteiger partial charge is 0.404 e. The first-order valence-corrected chi connectivity index (χ1v) is 39.8. The molecule has 3 saturated heterocycles. The Morgan fingerprint density at radius 1 is 0.774 bits per heavy atom. The first-order valence-electron chi connectivity index (χ1n) is 36.2. The van der Waals surface area contributed by atoms with Gasteiger partial charge in [0.05, 0.1) is 72.2 Å². The maximum absolute atomic E-state index is 14.1. The number of nitrogens with one attached hydrogen (secondary N) is 10. The monoisotopic (exact) mass is 1660 g/mol. The fourth-order valence-electron chi connectivity index (χ4n) is 13.5. The Hall–Kier alpha value is -11.4. The third-order valence-electron chi connectivity index (χ3n) is 19.4. The van der Waals surface area contributed by atoms with Gasteiger partial charge in [0.15, 0.2) is 40.2 Å². The van der Waals surface area contributed by atoms with E-state index >= 15 is 0 Å². The number of carbonyl (C=O) groups excluding carboxylic acids is 12. The lowest BCUT2D eigenvalue weighted by Gasteiger charge is -2.39. The van der Waals surface area contributed by atoms with Crippen LogP contribution in [0.1, 0.15) is 120 Å². The number of hydrazone groups is 1. The van der Waals surface area contributed by atoms with E-state index in [4.69, 9.17) is 32.1 Å². The van der Waals surface area contributed by atoms with Crippen molar-refractivity contribution in [3.05, 3.63) is 74.5 Å². The number of hydrogen-bond donors (Lipinski definition) is 17. The molecule has 620 valence electrons. The number of aromatic nitrogens is 4. The number of imide groups is 1. The molecular weight excluding hydrogens is 1570 g/mol. The predicted octanol–water partition coefficient (Wildman–Crippen LogP) is -1.46. The van der Waals surface area contributed by atoms with Crippen LogP contribution in [-0.4, -0.2) is 255 Å². The number of nitrogens with two attached hydrogens (primary N) is 3. The Morgan fingerprint density at radius 2 is 1.46 bits per heavy atom. The number of fused-ring (bicyclic) bond motifs is 5. The molecule has 42 nitrogen and oxygen atoms in total. The highest BCUT2D eigenvalue weighted by Crippen LogP contribution is 2.56. The van der Waals surface area contributed by atoms with Crippen LogP contribution < -0.4 is 65.4 Å². The van der Waals surface area contributed by atoms with Gasteiger partial charge in [-0.15, -0.1) is 11.8 Å². The number of aromatic amines is 1. The molecule has 1 unspecified atom stereocenters. The second-order valence-corrected chi connectivity index (χ2v) is 31.4. The molecule has 3 fully saturated rings. The number of guanidine groups is 1. The molecule has 2 aromatic heterocycles. The van der Waals surface area contributed by atoms with E-state index in [1.54, 1.807) is 13.8 Å². The van der Waals surface area contributed by atoms with Crippen molar-refractivity contribution in [2.24, 2.45) is 34.3 Å². The normalized spacial score (nSPS) is 19.4. The van der Waals surface area contributed by atoms with Crippen molar-refractivity contribution in [3.63, 3.8) is 0 Å². The van der Waals surface area contributed by atoms with E-state index in [1.807, 2.05) is 4.90 Å². The number of benzene rings is 1. The van der Waals surface area contributed by atoms with Gasteiger partial charge in [-0.1, -0.05) is 21.6 Å². The van der Waals surface area contributed by atoms with Gasteiger partial charge in [-0.05, 0) is 76.6 Å². The molecular formula is C70H89N19O23S3. The zero-order valence-corrected chi connectivity index (χ0v) is 65.0. The predicted molar refractivity (Wildman–Crippen MR) is 411 cm³/mol. The van der Waals surface area contributed by atoms with Gasteiger partial charge in [0.25, 0.3) is 11.5 Å². The summed E-state index contributed by atoms with van der Waals surface area (Å²) in [6.07, 6.45) is -4.91. The van der Waals surface area contributed by atoms with Crippen molar-refractivity contribution in [1.82, 2.24) is 67.1 Å². The molecule has 0 saturated carbocycles. The van der Waals surface area contributed by atoms with E-state index in [0.29, 0.717) is 77.4 Å². The molecule has 0 spiro atoms. The number of carboxylic acids is 4. The fourth-order valence-corrected chi connectivity index (χ4v) is 16.7. The molecule has 4 aliphatic heterocycles. The average Bonchev–Trinajstić information content (AvgIpc) is 1.50. The third kappa shape index (κ3) is 24.1. The van der Waals surface area contributed by atoms with Gasteiger partial charge in [0, 0.05) is 135 Å². The van der Waals surface area contributed by atoms with Crippen LogP contribution in [0.25, 0.3) is 11.2 Å². The number of carbonyl (C=O) groups is 16. The second kappa shape index (κ2) is 41.0. The first kappa shape index (κ1) is 89.1. The number of primary amides is 1. The first-order chi connectivity index (χ1) is 54.6. The number of H-pyrrole nitrogens is 1. The van der Waals surface area contributed by atoms with Crippen molar-refractivity contribution in [3.8, 4) is 0 Å². The van der Waals surface area contributed by atoms with Crippen molar-refractivity contribution >= 4 is 162 Å². The molecule has 5 aliphatic rings. The van der Waals surface area contributed by atoms with E-state index in [9.17, 15) is 102 Å². The molecule has 115 heavy (non-hydrogen) atoms. The lowest BCUT2D eigenvalue weighted by molar-refractivity contribution is -0.144. The molecule has 0 radical (unpaired) electrons. The summed E-state index contributed by atoms with van der Waals surface area (Å²) in [5, 5.41) is 68.6. The van der Waals surface area contributed by atoms with E-state index in [1.165, 1.54) is 59.2 Å². The van der Waals surface area contributed by atoms with Crippen molar-refractivity contribution in [2.45, 2.75) is 151 Å². The summed E-state index contributed by atoms with van der Waals surface area (Å²) < 4.78 is 11.2. The van der Waals surface area contributed by atoms with E-state index in [2.05, 4.69) is 67.7 Å². The number of hydrogen-bond acceptors (Lipinski definition) is 31. The van der Waals surface area contributed by atoms with Crippen LogP contribution in [0, 0.1) is 23.2 Å². The van der Waals surface area contributed by atoms with Crippen molar-refractivity contribution < 1.29 is 107 Å². The molecule has 3 aromatic rings. The summed E-state index contributed by atoms with van der Waals surface area (Å²) >= 11 is 0.700. The maximum Gasteiger partial charge on any atom is 0.404 e. The number of ether oxygens (including phenoxy) is 2. The highest BCUT2D eigenvalue weighted by atomic mass is 33.1. The number of piperazine rings is 1. The van der Waals surface area contributed by atoms with E-state index in [0.717, 1.165) is 4.90 Å². The standard InChI is InChI=1S/C70H89N19O23S3/c1-32(8-14-48(92)75-18-21-115-114-20-5-7-39-33(2)57(100)56-54(58(39)101)40(30-112-69(74)110)70(111-3)59-44(81-59)29-89(56)70)86-87-50(94)16-19-88-51(95)26-47(64(88)105)113-31-36(65(106)107)23-46(91)43(25-53(98)99)83-62(103)35(6-4-17-76-67(71)72)22-45(90)42(24-52(96)97)80-49(93)15-13-41(66(108)109)82-61(102)34-9-11-37(12-10-34)77-27-38-28-78-60-55(79-38)63(104)85-68(73)84-60/h9-12,28,35-36,40-44,47,59,77,81H,4-8,13-27,29-31H2,1-3H3,(H2,74,110)(H,75,92)(H,80,93)(H,82,102)(H,83,103)(H,87,94)(H,96,97)(H,98,99)(H,106,107)(H,108,109)(H4,71,72,76)(H3,73,78,84,85,104)/b86-32+/t35-,36+,40-,41+,42+,43+,44+,47?,59+,70-/m1/s1. The third-order valence-corrected chi connectivity index (χ3v) is 23.2. The van der Waals surface area contributed by atoms with Crippen molar-refractivity contribution in [2.75, 3.05) is 68.2 Å². The van der Waals surface area contributed by atoms with Crippen LogP contribution in [0.3, 0.4) is 0 Å². The lowest BCUT2D eigenvalue weighted by Crippen LogP contribution is -2.55. The Morgan fingerprint density at radius 3 is 2.12 bits per heavy atom. The van der Waals surface area contributed by atoms with Crippen LogP contribution in [0.5, 0.6) is 0 Å². The summed E-state index contributed by atoms with van der Waals surface area (Å²) in [6, 6.07) is 0.0683. The number of allylic oxidation sites excluding steroid dienone is 2. The van der Waals surface area contributed by atoms with Gasteiger partial charge in [0.1, 0.15) is 12.6 Å². The quantitative estimate of drug-likeness (QED) is 0.00449. The zero-order chi connectivity index (χ0) is 84.1. The summed E-state index contributed by atoms with van der Waals surface area (Å²) in [5.74, 6) is -18.5. The van der Waals surface area contributed by atoms with Gasteiger partial charge in [-0.2, -0.15) is 10.1 Å². The van der Waals surface area contributed by atoms with E-state index in [-0.39, 0.29) is 109 Å². The SMILES string of the molecule is CO[C@@]12[C@H](COC(N)=O)C3=C(C(=O)C(C)=C(CCCSSCCNC(=O)CC/C(C)=N/NC(=O)CCN4C(=O)CC(SC[C@H](CC(=O)[C@H](CC(=O)O)NC(=O)[C@H](CCCNC(=N)N)CC(=O)[C@H](CC(=O)O)NC(=O)CC[C@H](NC(=O)c5ccc(NCc6cnc7nc(N)[nH]c(=O)c7n6)cc5)C(=O)O)C(=O)O)C4=O)C3=O)N1C[C@@H]1N[C@@H]12. The van der Waals surface area contributed by atoms with Gasteiger partial charge >= 0.3 is 30.0 Å². The van der Waals surface area contributed by atoms with E-state index < -0.39 is 199 Å². The Labute approximate surface area is 666 Å². The second-order valence-electron chi connectivity index (χ2n) is 27.4. The number of rotatable bonds is 48. The van der Waals surface area contributed by atoms with Gasteiger partial charge in [-0.3, -0.25) is 87.2 Å². The molecule has 45 heteroatoms. The van der Waals surface area contributed by atoms with Gasteiger partial charge < -0.3 is 89.2 Å². The van der Waals surface area contributed by atoms with Crippen LogP contribution in [-0.2, 0) is 83.1 Å². The zero-order valence-electron chi connectivity index (χ0n) is 62.5. The molecule has 10 atom stereocenters. The number of amides is 8. The van der Waals surface area contributed by atoms with Crippen LogP contribution in [0.2, 0.25) is 0 Å². The minimum Gasteiger partial charge on any atom is -0.481 e. The molecule has 8 rings (SSSR count). The number of Topliss-reactive ketones (excluding diaryl/α,β-unsaturated/α-hetero) is 4. The number of likely N-dealkylation sites (tertiary alicyclic amines) is 1. The van der Waals surface area contributed by atoms with Crippen LogP contribution >= 0.6 is 33.3 Å². The number of nitrogens with zero attached hydrogens (tertiary/aromatic N) is 6. The molecule has 0 bridgehead atoms. The number of carboxylic acid groups (broad SMARTS) is 4. The number of methoxy groups -OCH3 is 1. The number of nitrogen functional groups attached to an aromatic ring is 1. The number of ketones is 4. The Kier molecular flexibility index (Phi) is 31.8. The molecule has 1 aliphatic carbocycles. The number of anilines is 2. The molecule has 6 heterocycles. The lowest BCUT2D eigenvalue weighted by atomic mass is 9.79. The minimum atomic E-state index is -1.94. The molecule has 1 aromatic carbocycles. The Balaban J connectivity index is 0.737. The number of aliphatic carboxylic acids is 4. The van der Waals surface area contributed by atoms with Gasteiger partial charge in [0.2, 0.25) is 47.2 Å². The maximum atomic E-state index is 14.1. The van der Waals surface area contributed by atoms with Crippen LogP contribution in [0.15, 0.2) is 62.8 Å². The largest absolute Gasteiger partial charge is 0.481 e. The van der Waals surface area contributed by atoms with Gasteiger partial charge in [-0.25, -0.2) is 25.0 Å². The van der Waals surface area contributed by atoms with Crippen molar-refractivity contribution in [1.29, 1.82) is 5.41 Å². The average molecular weight is 1660 g/mol. The molecule has 8 amide bonds. The fraction of sp³-hybridized carbons (Fsp3) is 0.514. The topological polar surface area (TPSA) is 671 Å². The minimum absolute atomic E-state index is 0.00355. The summed E-state index contributed by atoms with van der Waals surface area (Å²) in [5.41, 5.74) is 19.4. The highest BCUT2D eigenvalue weighted by Gasteiger charge is 2.72. The highest BCUT2D eigenvalue weighted by molar-refractivity contribution is 8.76. The summed E-state index contributed by atoms with van der Waals surface area (Å²) in [7, 11) is 4.54. The molecule has 20 N–H and O–H groups in total. The Bertz CT molecular complexity index is 4500.